The van der Waals surface area contributed by atoms with Gasteiger partial charge in [-0.2, -0.15) is 0 Å². The van der Waals surface area contributed by atoms with Crippen LogP contribution in [-0.2, 0) is 34.8 Å². The number of ketones is 1. The van der Waals surface area contributed by atoms with Gasteiger partial charge in [-0.3, -0.25) is 19.2 Å². The van der Waals surface area contributed by atoms with Crippen molar-refractivity contribution in [2.24, 2.45) is 0 Å². The molecule has 0 bridgehead atoms. The molecular formula is C38H55N5O7S. The fraction of sp³-hybridized carbons (Fsp3) is 0.553. The minimum absolute atomic E-state index is 0.130. The van der Waals surface area contributed by atoms with E-state index in [1.807, 2.05) is 34.6 Å². The van der Waals surface area contributed by atoms with Crippen LogP contribution < -0.4 is 21.3 Å². The van der Waals surface area contributed by atoms with Gasteiger partial charge in [-0.25, -0.2) is 13.2 Å². The first-order valence-corrected chi connectivity index (χ1v) is 19.6. The average molecular weight is 726 g/mol. The molecule has 3 rings (SSSR count). The number of hydrogen-bond donors (Lipinski definition) is 4. The van der Waals surface area contributed by atoms with Crippen LogP contribution in [-0.4, -0.2) is 79.3 Å². The van der Waals surface area contributed by atoms with Crippen molar-refractivity contribution >= 4 is 39.4 Å². The first kappa shape index (κ1) is 41.2. The van der Waals surface area contributed by atoms with Crippen LogP contribution in [0.2, 0.25) is 0 Å². The third-order valence-corrected chi connectivity index (χ3v) is 10.5. The first-order valence-electron chi connectivity index (χ1n) is 17.8. The van der Waals surface area contributed by atoms with E-state index < -0.39 is 57.0 Å². The van der Waals surface area contributed by atoms with Gasteiger partial charge >= 0.3 is 6.03 Å². The van der Waals surface area contributed by atoms with E-state index in [4.69, 9.17) is 0 Å². The van der Waals surface area contributed by atoms with E-state index >= 15 is 0 Å². The van der Waals surface area contributed by atoms with E-state index in [1.165, 1.54) is 4.90 Å². The van der Waals surface area contributed by atoms with E-state index in [0.29, 0.717) is 37.7 Å². The Morgan fingerprint density at radius 1 is 1.00 bits per heavy atom. The average Bonchev–Trinajstić information content (AvgIpc) is 3.52. The predicted molar refractivity (Wildman–Crippen MR) is 198 cm³/mol. The third-order valence-electron chi connectivity index (χ3n) is 8.85. The number of carbonyl (C=O) groups excluding carboxylic acids is 5. The Hall–Kier alpha value is -4.26. The van der Waals surface area contributed by atoms with Crippen molar-refractivity contribution in [1.29, 1.82) is 0 Å². The molecule has 0 aromatic heterocycles. The second-order valence-corrected chi connectivity index (χ2v) is 16.7. The fourth-order valence-electron chi connectivity index (χ4n) is 6.34. The number of allylic oxidation sites excluding steroid dienone is 3. The Kier molecular flexibility index (Phi) is 15.2. The van der Waals surface area contributed by atoms with Crippen LogP contribution in [0.25, 0.3) is 0 Å². The monoisotopic (exact) mass is 725 g/mol. The van der Waals surface area contributed by atoms with Crippen molar-refractivity contribution in [3.05, 3.63) is 71.0 Å². The summed E-state index contributed by atoms with van der Waals surface area (Å²) < 4.78 is 25.2. The topological polar surface area (TPSA) is 171 Å². The summed E-state index contributed by atoms with van der Waals surface area (Å²) in [5.41, 5.74) is 2.64. The maximum absolute atomic E-state index is 14.3. The molecule has 1 saturated carbocycles. The van der Waals surface area contributed by atoms with Crippen molar-refractivity contribution < 1.29 is 32.4 Å². The Balaban J connectivity index is 1.81. The van der Waals surface area contributed by atoms with E-state index in [0.717, 1.165) is 36.0 Å². The minimum Gasteiger partial charge on any atom is -0.348 e. The SMILES string of the molecule is C=CCCCC(NC(=O)[C@@H]1C(=C(C)C)CCN1C(=O)C(NC(=O)NC(C)(C)C)=C1CCCCC1)C(=O)C(=O)NCCS(=O)(=O)Cc1ccccc1. The smallest absolute Gasteiger partial charge is 0.319 e. The summed E-state index contributed by atoms with van der Waals surface area (Å²) in [5, 5.41) is 10.8. The Bertz CT molecular complexity index is 1610. The summed E-state index contributed by atoms with van der Waals surface area (Å²) in [6.45, 7) is 12.9. The number of amides is 5. The van der Waals surface area contributed by atoms with Crippen LogP contribution in [0.3, 0.4) is 0 Å². The number of urea groups is 1. The lowest BCUT2D eigenvalue weighted by Gasteiger charge is -2.30. The molecule has 1 unspecified atom stereocenters. The zero-order valence-electron chi connectivity index (χ0n) is 30.7. The van der Waals surface area contributed by atoms with Crippen molar-refractivity contribution in [1.82, 2.24) is 26.2 Å². The van der Waals surface area contributed by atoms with Gasteiger partial charge in [0, 0.05) is 18.6 Å². The van der Waals surface area contributed by atoms with Crippen molar-refractivity contribution in [3.8, 4) is 0 Å². The summed E-state index contributed by atoms with van der Waals surface area (Å²) >= 11 is 0. The van der Waals surface area contributed by atoms with E-state index in [9.17, 15) is 32.4 Å². The van der Waals surface area contributed by atoms with Crippen LogP contribution >= 0.6 is 0 Å². The first-order chi connectivity index (χ1) is 24.0. The number of likely N-dealkylation sites (tertiary alicyclic amines) is 1. The maximum atomic E-state index is 14.3. The van der Waals surface area contributed by atoms with Crippen molar-refractivity contribution in [2.75, 3.05) is 18.8 Å². The summed E-state index contributed by atoms with van der Waals surface area (Å²) in [4.78, 5) is 69.4. The molecule has 1 saturated heterocycles. The summed E-state index contributed by atoms with van der Waals surface area (Å²) in [7, 11) is -3.57. The number of nitrogens with zero attached hydrogens (tertiary/aromatic N) is 1. The molecule has 0 spiro atoms. The van der Waals surface area contributed by atoms with E-state index in [-0.39, 0.29) is 36.7 Å². The molecule has 0 radical (unpaired) electrons. The van der Waals surface area contributed by atoms with Gasteiger partial charge in [0.2, 0.25) is 11.7 Å². The molecule has 1 aromatic rings. The van der Waals surface area contributed by atoms with Gasteiger partial charge in [0.15, 0.2) is 9.84 Å². The van der Waals surface area contributed by atoms with E-state index in [1.54, 1.807) is 36.4 Å². The molecular weight excluding hydrogens is 671 g/mol. The Labute approximate surface area is 302 Å². The summed E-state index contributed by atoms with van der Waals surface area (Å²) in [6.07, 6.45) is 7.30. The van der Waals surface area contributed by atoms with Crippen molar-refractivity contribution in [3.63, 3.8) is 0 Å². The van der Waals surface area contributed by atoms with Gasteiger partial charge < -0.3 is 26.2 Å². The number of carbonyl (C=O) groups is 5. The summed E-state index contributed by atoms with van der Waals surface area (Å²) in [5.74, 6) is -3.56. The highest BCUT2D eigenvalue weighted by Gasteiger charge is 2.42. The zero-order chi connectivity index (χ0) is 37.8. The second-order valence-electron chi connectivity index (χ2n) is 14.5. The van der Waals surface area contributed by atoms with Gasteiger partial charge in [-0.05, 0) is 103 Å². The molecule has 4 N–H and O–H groups in total. The molecule has 5 amide bonds. The number of nitrogens with one attached hydrogen (secondary N) is 4. The molecule has 1 aliphatic carbocycles. The van der Waals surface area contributed by atoms with Crippen LogP contribution in [0.5, 0.6) is 0 Å². The largest absolute Gasteiger partial charge is 0.348 e. The highest BCUT2D eigenvalue weighted by molar-refractivity contribution is 7.90. The predicted octanol–water partition coefficient (Wildman–Crippen LogP) is 4.38. The molecule has 51 heavy (non-hydrogen) atoms. The van der Waals surface area contributed by atoms with Crippen molar-refractivity contribution in [2.45, 2.75) is 116 Å². The fourth-order valence-corrected chi connectivity index (χ4v) is 7.60. The molecule has 2 fully saturated rings. The van der Waals surface area contributed by atoms with Crippen LogP contribution in [0, 0.1) is 0 Å². The minimum atomic E-state index is -3.57. The summed E-state index contributed by atoms with van der Waals surface area (Å²) in [6, 6.07) is 5.86. The molecule has 1 heterocycles. The highest BCUT2D eigenvalue weighted by atomic mass is 32.2. The number of hydrogen-bond acceptors (Lipinski definition) is 7. The van der Waals surface area contributed by atoms with Crippen LogP contribution in [0.1, 0.15) is 98.0 Å². The molecule has 2 atom stereocenters. The lowest BCUT2D eigenvalue weighted by molar-refractivity contribution is -0.141. The lowest BCUT2D eigenvalue weighted by Crippen LogP contribution is -2.55. The lowest BCUT2D eigenvalue weighted by atomic mass is 9.92. The van der Waals surface area contributed by atoms with Crippen LogP contribution in [0.15, 0.2) is 65.4 Å². The maximum Gasteiger partial charge on any atom is 0.319 e. The van der Waals surface area contributed by atoms with Gasteiger partial charge in [-0.1, -0.05) is 48.4 Å². The molecule has 2 aliphatic rings. The Morgan fingerprint density at radius 2 is 1.67 bits per heavy atom. The van der Waals surface area contributed by atoms with Gasteiger partial charge in [0.1, 0.15) is 11.7 Å². The second kappa shape index (κ2) is 18.8. The molecule has 13 heteroatoms. The van der Waals surface area contributed by atoms with Gasteiger partial charge in [0.05, 0.1) is 17.5 Å². The number of benzene rings is 1. The van der Waals surface area contributed by atoms with Gasteiger partial charge in [0.25, 0.3) is 11.8 Å². The highest BCUT2D eigenvalue weighted by Crippen LogP contribution is 2.31. The number of unbranched alkanes of at least 4 members (excludes halogenated alkanes) is 1. The molecule has 1 aromatic carbocycles. The number of sulfone groups is 1. The van der Waals surface area contributed by atoms with E-state index in [2.05, 4.69) is 27.8 Å². The Morgan fingerprint density at radius 3 is 2.27 bits per heavy atom. The number of rotatable bonds is 15. The molecule has 280 valence electrons. The zero-order valence-corrected chi connectivity index (χ0v) is 31.5. The van der Waals surface area contributed by atoms with Crippen LogP contribution in [0.4, 0.5) is 4.79 Å². The standard InChI is InChI=1S/C38H55N5O7S/c1-7-8-11-20-30(33(44)35(46)39-22-24-51(49,50)25-27-16-12-9-13-17-27)40-34(45)32-29(26(2)3)21-23-43(32)36(47)31(28-18-14-10-15-19-28)41-37(48)42-38(4,5)6/h7,9,12-13,16-17,30,32H,1,8,10-11,14-15,18-25H2,2-6H3,(H,39,46)(H,40,45)(H2,41,42,48)/t30?,32-/m0/s1. The molecule has 1 aliphatic heterocycles. The third kappa shape index (κ3) is 12.8. The quantitative estimate of drug-likeness (QED) is 0.0900. The molecule has 12 nitrogen and oxygen atoms in total. The normalized spacial score (nSPS) is 16.9. The van der Waals surface area contributed by atoms with Gasteiger partial charge in [-0.15, -0.1) is 6.58 Å². The number of Topliss-reactive ketones (excluding diaryl/α,β-unsaturated/α-hetero) is 1.